The molecular weight excluding hydrogens is 252 g/mol. The third kappa shape index (κ3) is 2.62. The molecule has 3 rings (SSSR count). The van der Waals surface area contributed by atoms with Crippen LogP contribution < -0.4 is 0 Å². The van der Waals surface area contributed by atoms with Gasteiger partial charge in [0.25, 0.3) is 0 Å². The van der Waals surface area contributed by atoms with Crippen molar-refractivity contribution in [3.05, 3.63) is 28.2 Å². The molecule has 17 heavy (non-hydrogen) atoms. The molecule has 1 saturated heterocycles. The number of aromatic nitrogens is 1. The van der Waals surface area contributed by atoms with E-state index < -0.39 is 0 Å². The second-order valence-electron chi connectivity index (χ2n) is 4.52. The number of hydrogen-bond acceptors (Lipinski definition) is 3. The highest BCUT2D eigenvalue weighted by atomic mass is 35.5. The maximum Gasteiger partial charge on any atom is 0.0951 e. The lowest BCUT2D eigenvalue weighted by atomic mass is 10.3. The van der Waals surface area contributed by atoms with Crippen LogP contribution in [0.5, 0.6) is 0 Å². The minimum absolute atomic E-state index is 0.772. The zero-order valence-electron chi connectivity index (χ0n) is 9.66. The van der Waals surface area contributed by atoms with E-state index in [1.165, 1.54) is 35.6 Å². The second kappa shape index (κ2) is 4.92. The van der Waals surface area contributed by atoms with Crippen molar-refractivity contribution >= 4 is 33.2 Å². The van der Waals surface area contributed by atoms with Gasteiger partial charge < -0.3 is 4.90 Å². The number of hydrogen-bond donors (Lipinski definition) is 0. The molecule has 0 atom stereocenters. The Balaban J connectivity index is 1.72. The second-order valence-corrected chi connectivity index (χ2v) is 6.07. The van der Waals surface area contributed by atoms with Crippen LogP contribution in [0.1, 0.15) is 17.8 Å². The zero-order chi connectivity index (χ0) is 11.7. The molecule has 2 nitrogen and oxygen atoms in total. The first kappa shape index (κ1) is 11.5. The molecule has 1 aliphatic rings. The average Bonchev–Trinajstić information content (AvgIpc) is 2.94. The van der Waals surface area contributed by atoms with Gasteiger partial charge in [-0.2, -0.15) is 0 Å². The van der Waals surface area contributed by atoms with Crippen molar-refractivity contribution in [2.45, 2.75) is 19.3 Å². The summed E-state index contributed by atoms with van der Waals surface area (Å²) in [7, 11) is 0. The van der Waals surface area contributed by atoms with Crippen LogP contribution >= 0.6 is 22.9 Å². The molecule has 0 spiro atoms. The summed E-state index contributed by atoms with van der Waals surface area (Å²) in [5.41, 5.74) is 1.04. The maximum atomic E-state index is 5.97. The number of thiazole rings is 1. The van der Waals surface area contributed by atoms with Gasteiger partial charge in [-0.05, 0) is 44.1 Å². The van der Waals surface area contributed by atoms with Gasteiger partial charge in [-0.25, -0.2) is 4.98 Å². The molecule has 0 radical (unpaired) electrons. The van der Waals surface area contributed by atoms with Crippen molar-refractivity contribution in [3.8, 4) is 0 Å². The highest BCUT2D eigenvalue weighted by molar-refractivity contribution is 7.18. The van der Waals surface area contributed by atoms with Gasteiger partial charge in [0.1, 0.15) is 0 Å². The monoisotopic (exact) mass is 266 g/mol. The molecule has 1 fully saturated rings. The van der Waals surface area contributed by atoms with Gasteiger partial charge in [-0.15, -0.1) is 11.3 Å². The van der Waals surface area contributed by atoms with E-state index in [9.17, 15) is 0 Å². The summed E-state index contributed by atoms with van der Waals surface area (Å²) in [5.74, 6) is 0. The van der Waals surface area contributed by atoms with Gasteiger partial charge in [-0.3, -0.25) is 0 Å². The SMILES string of the molecule is Clc1ccc2sc(CCN3CCCC3)nc2c1. The van der Waals surface area contributed by atoms with Crippen LogP contribution in [-0.4, -0.2) is 29.5 Å². The Bertz CT molecular complexity index is 517. The van der Waals surface area contributed by atoms with Crippen molar-refractivity contribution in [1.29, 1.82) is 0 Å². The molecule has 1 aromatic heterocycles. The maximum absolute atomic E-state index is 5.97. The molecule has 0 aliphatic carbocycles. The van der Waals surface area contributed by atoms with E-state index in [0.29, 0.717) is 0 Å². The van der Waals surface area contributed by atoms with Crippen LogP contribution in [0.2, 0.25) is 5.02 Å². The molecule has 0 bridgehead atoms. The van der Waals surface area contributed by atoms with Crippen LogP contribution in [0.25, 0.3) is 10.2 Å². The first-order chi connectivity index (χ1) is 8.31. The quantitative estimate of drug-likeness (QED) is 0.844. The van der Waals surface area contributed by atoms with E-state index in [4.69, 9.17) is 11.6 Å². The van der Waals surface area contributed by atoms with Crippen molar-refractivity contribution in [2.75, 3.05) is 19.6 Å². The number of halogens is 1. The molecule has 0 amide bonds. The lowest BCUT2D eigenvalue weighted by Gasteiger charge is -2.12. The highest BCUT2D eigenvalue weighted by Crippen LogP contribution is 2.25. The van der Waals surface area contributed by atoms with Crippen molar-refractivity contribution in [1.82, 2.24) is 9.88 Å². The molecule has 0 unspecified atom stereocenters. The summed E-state index contributed by atoms with van der Waals surface area (Å²) < 4.78 is 1.24. The van der Waals surface area contributed by atoms with Crippen LogP contribution in [-0.2, 0) is 6.42 Å². The third-order valence-corrected chi connectivity index (χ3v) is 4.57. The number of benzene rings is 1. The molecule has 90 valence electrons. The molecule has 0 saturated carbocycles. The largest absolute Gasteiger partial charge is 0.303 e. The van der Waals surface area contributed by atoms with Gasteiger partial charge >= 0.3 is 0 Å². The Morgan fingerprint density at radius 3 is 2.94 bits per heavy atom. The Kier molecular flexibility index (Phi) is 3.32. The first-order valence-electron chi connectivity index (χ1n) is 6.08. The van der Waals surface area contributed by atoms with Crippen LogP contribution in [0.4, 0.5) is 0 Å². The topological polar surface area (TPSA) is 16.1 Å². The molecule has 1 aromatic carbocycles. The van der Waals surface area contributed by atoms with E-state index in [2.05, 4.69) is 16.0 Å². The molecule has 2 aromatic rings. The molecule has 0 N–H and O–H groups in total. The summed E-state index contributed by atoms with van der Waals surface area (Å²) in [4.78, 5) is 7.17. The standard InChI is InChI=1S/C13H15ClN2S/c14-10-3-4-12-11(9-10)15-13(17-12)5-8-16-6-1-2-7-16/h3-4,9H,1-2,5-8H2. The fraction of sp³-hybridized carbons (Fsp3) is 0.462. The summed E-state index contributed by atoms with van der Waals surface area (Å²) in [6, 6.07) is 5.95. The number of rotatable bonds is 3. The predicted octanol–water partition coefficient (Wildman–Crippen LogP) is 3.59. The van der Waals surface area contributed by atoms with E-state index >= 15 is 0 Å². The van der Waals surface area contributed by atoms with E-state index in [-0.39, 0.29) is 0 Å². The van der Waals surface area contributed by atoms with Crippen LogP contribution in [0.15, 0.2) is 18.2 Å². The van der Waals surface area contributed by atoms with E-state index in [1.54, 1.807) is 11.3 Å². The Hall–Kier alpha value is -0.640. The molecular formula is C13H15ClN2S. The summed E-state index contributed by atoms with van der Waals surface area (Å²) in [6.07, 6.45) is 3.78. The first-order valence-corrected chi connectivity index (χ1v) is 7.28. The van der Waals surface area contributed by atoms with Crippen molar-refractivity contribution in [3.63, 3.8) is 0 Å². The van der Waals surface area contributed by atoms with Crippen molar-refractivity contribution < 1.29 is 0 Å². The molecule has 2 heterocycles. The minimum Gasteiger partial charge on any atom is -0.303 e. The Morgan fingerprint density at radius 1 is 1.29 bits per heavy atom. The predicted molar refractivity (Wildman–Crippen MR) is 74.0 cm³/mol. The molecule has 4 heteroatoms. The fourth-order valence-electron chi connectivity index (χ4n) is 2.32. The summed E-state index contributed by atoms with van der Waals surface area (Å²) in [6.45, 7) is 3.67. The Labute approximate surface area is 110 Å². The lowest BCUT2D eigenvalue weighted by Crippen LogP contribution is -2.21. The number of fused-ring (bicyclic) bond motifs is 1. The lowest BCUT2D eigenvalue weighted by molar-refractivity contribution is 0.343. The fourth-order valence-corrected chi connectivity index (χ4v) is 3.42. The van der Waals surface area contributed by atoms with Gasteiger partial charge in [0, 0.05) is 18.0 Å². The minimum atomic E-state index is 0.772. The smallest absolute Gasteiger partial charge is 0.0951 e. The highest BCUT2D eigenvalue weighted by Gasteiger charge is 2.12. The normalized spacial score (nSPS) is 17.0. The summed E-state index contributed by atoms with van der Waals surface area (Å²) >= 11 is 7.76. The summed E-state index contributed by atoms with van der Waals surface area (Å²) in [5, 5.41) is 2.00. The average molecular weight is 267 g/mol. The van der Waals surface area contributed by atoms with E-state index in [0.717, 1.165) is 23.5 Å². The number of likely N-dealkylation sites (tertiary alicyclic amines) is 1. The third-order valence-electron chi connectivity index (χ3n) is 3.23. The van der Waals surface area contributed by atoms with Gasteiger partial charge in [0.2, 0.25) is 0 Å². The van der Waals surface area contributed by atoms with Crippen LogP contribution in [0, 0.1) is 0 Å². The van der Waals surface area contributed by atoms with Crippen LogP contribution in [0.3, 0.4) is 0 Å². The Morgan fingerprint density at radius 2 is 2.12 bits per heavy atom. The zero-order valence-corrected chi connectivity index (χ0v) is 11.2. The van der Waals surface area contributed by atoms with E-state index in [1.807, 2.05) is 12.1 Å². The molecule has 1 aliphatic heterocycles. The van der Waals surface area contributed by atoms with Gasteiger partial charge in [0.15, 0.2) is 0 Å². The van der Waals surface area contributed by atoms with Gasteiger partial charge in [-0.1, -0.05) is 11.6 Å². The van der Waals surface area contributed by atoms with Gasteiger partial charge in [0.05, 0.1) is 15.2 Å². The number of nitrogens with zero attached hydrogens (tertiary/aromatic N) is 2. The van der Waals surface area contributed by atoms with Crippen molar-refractivity contribution in [2.24, 2.45) is 0 Å².